The standard InChI is InChI=1S/C21H27FN2O/c1-21(2)8-7-18(19(9-21)14-3-5-17(22)6-4-14)20(25)24-12-15-10-23-11-16(15)13-24/h3-6,15-16,23H,7-13H2,1-2H3. The van der Waals surface area contributed by atoms with Crippen molar-refractivity contribution in [3.63, 3.8) is 0 Å². The van der Waals surface area contributed by atoms with E-state index in [-0.39, 0.29) is 17.1 Å². The zero-order valence-corrected chi connectivity index (χ0v) is 15.1. The maximum atomic E-state index is 13.3. The van der Waals surface area contributed by atoms with Crippen LogP contribution in [-0.4, -0.2) is 37.0 Å². The van der Waals surface area contributed by atoms with Crippen LogP contribution in [0.2, 0.25) is 0 Å². The summed E-state index contributed by atoms with van der Waals surface area (Å²) in [6.07, 6.45) is 2.73. The predicted octanol–water partition coefficient (Wildman–Crippen LogP) is 3.47. The third kappa shape index (κ3) is 3.24. The average Bonchev–Trinajstić information content (AvgIpc) is 3.16. The lowest BCUT2D eigenvalue weighted by Crippen LogP contribution is -2.35. The molecule has 0 radical (unpaired) electrons. The Balaban J connectivity index is 1.65. The van der Waals surface area contributed by atoms with Crippen molar-refractivity contribution in [3.05, 3.63) is 41.2 Å². The largest absolute Gasteiger partial charge is 0.338 e. The molecule has 0 spiro atoms. The number of likely N-dealkylation sites (tertiary alicyclic amines) is 1. The first-order valence-corrected chi connectivity index (χ1v) is 9.41. The molecule has 3 aliphatic rings. The molecule has 1 aliphatic carbocycles. The highest BCUT2D eigenvalue weighted by Gasteiger charge is 2.40. The fourth-order valence-corrected chi connectivity index (χ4v) is 4.66. The molecule has 4 heteroatoms. The molecule has 2 atom stereocenters. The molecule has 0 saturated carbocycles. The molecule has 2 saturated heterocycles. The number of hydrogen-bond acceptors (Lipinski definition) is 2. The number of halogens is 1. The lowest BCUT2D eigenvalue weighted by Gasteiger charge is -2.34. The zero-order chi connectivity index (χ0) is 17.6. The molecule has 1 N–H and O–H groups in total. The molecule has 4 rings (SSSR count). The molecule has 2 fully saturated rings. The Labute approximate surface area is 149 Å². The number of nitrogens with one attached hydrogen (secondary N) is 1. The highest BCUT2D eigenvalue weighted by molar-refractivity contribution is 6.01. The van der Waals surface area contributed by atoms with Crippen LogP contribution in [0, 0.1) is 23.1 Å². The molecule has 134 valence electrons. The van der Waals surface area contributed by atoms with Gasteiger partial charge in [-0.1, -0.05) is 26.0 Å². The third-order valence-electron chi connectivity index (χ3n) is 6.20. The Morgan fingerprint density at radius 3 is 2.44 bits per heavy atom. The van der Waals surface area contributed by atoms with E-state index in [4.69, 9.17) is 0 Å². The lowest BCUT2D eigenvalue weighted by molar-refractivity contribution is -0.126. The minimum Gasteiger partial charge on any atom is -0.338 e. The number of hydrogen-bond donors (Lipinski definition) is 1. The fraction of sp³-hybridized carbons (Fsp3) is 0.571. The molecule has 0 aromatic heterocycles. The number of benzene rings is 1. The Kier molecular flexibility index (Phi) is 4.19. The second-order valence-corrected chi connectivity index (χ2v) is 8.69. The highest BCUT2D eigenvalue weighted by Crippen LogP contribution is 2.44. The van der Waals surface area contributed by atoms with Crippen LogP contribution in [0.5, 0.6) is 0 Å². The summed E-state index contributed by atoms with van der Waals surface area (Å²) < 4.78 is 13.3. The maximum Gasteiger partial charge on any atom is 0.250 e. The minimum absolute atomic E-state index is 0.180. The van der Waals surface area contributed by atoms with Crippen LogP contribution in [0.1, 0.15) is 38.7 Å². The summed E-state index contributed by atoms with van der Waals surface area (Å²) in [5.41, 5.74) is 3.26. The second-order valence-electron chi connectivity index (χ2n) is 8.69. The molecule has 2 unspecified atom stereocenters. The Morgan fingerprint density at radius 1 is 1.16 bits per heavy atom. The van der Waals surface area contributed by atoms with Gasteiger partial charge in [-0.2, -0.15) is 0 Å². The molecule has 0 bridgehead atoms. The Morgan fingerprint density at radius 2 is 1.80 bits per heavy atom. The molecule has 1 amide bonds. The quantitative estimate of drug-likeness (QED) is 0.893. The smallest absolute Gasteiger partial charge is 0.250 e. The minimum atomic E-state index is -0.229. The van der Waals surface area contributed by atoms with Gasteiger partial charge in [0.2, 0.25) is 5.91 Å². The SMILES string of the molecule is CC1(C)CCC(C(=O)N2CC3CNCC3C2)=C(c2ccc(F)cc2)C1. The fourth-order valence-electron chi connectivity index (χ4n) is 4.66. The normalized spacial score (nSPS) is 28.4. The third-order valence-corrected chi connectivity index (χ3v) is 6.20. The van der Waals surface area contributed by atoms with Gasteiger partial charge >= 0.3 is 0 Å². The van der Waals surface area contributed by atoms with E-state index in [1.165, 1.54) is 12.1 Å². The van der Waals surface area contributed by atoms with Crippen molar-refractivity contribution in [2.24, 2.45) is 17.3 Å². The number of rotatable bonds is 2. The van der Waals surface area contributed by atoms with E-state index in [9.17, 15) is 9.18 Å². The van der Waals surface area contributed by atoms with Crippen LogP contribution in [-0.2, 0) is 4.79 Å². The monoisotopic (exact) mass is 342 g/mol. The molecule has 2 heterocycles. The molecule has 1 aromatic carbocycles. The van der Waals surface area contributed by atoms with Gasteiger partial charge in [0.1, 0.15) is 5.82 Å². The summed E-state index contributed by atoms with van der Waals surface area (Å²) in [6, 6.07) is 6.64. The number of nitrogens with zero attached hydrogens (tertiary/aromatic N) is 1. The van der Waals surface area contributed by atoms with E-state index in [1.807, 2.05) is 12.1 Å². The first kappa shape index (κ1) is 16.8. The van der Waals surface area contributed by atoms with Gasteiger partial charge < -0.3 is 10.2 Å². The van der Waals surface area contributed by atoms with E-state index in [0.717, 1.165) is 62.2 Å². The number of carbonyl (C=O) groups is 1. The van der Waals surface area contributed by atoms with Crippen LogP contribution >= 0.6 is 0 Å². The molecular weight excluding hydrogens is 315 g/mol. The predicted molar refractivity (Wildman–Crippen MR) is 97.4 cm³/mol. The number of amides is 1. The zero-order valence-electron chi connectivity index (χ0n) is 15.1. The second kappa shape index (κ2) is 6.24. The topological polar surface area (TPSA) is 32.3 Å². The number of carbonyl (C=O) groups excluding carboxylic acids is 1. The van der Waals surface area contributed by atoms with Crippen LogP contribution in [0.4, 0.5) is 4.39 Å². The summed E-state index contributed by atoms with van der Waals surface area (Å²) in [4.78, 5) is 15.3. The van der Waals surface area contributed by atoms with Crippen molar-refractivity contribution < 1.29 is 9.18 Å². The Hall–Kier alpha value is -1.68. The first-order valence-electron chi connectivity index (χ1n) is 9.41. The van der Waals surface area contributed by atoms with Crippen LogP contribution in [0.3, 0.4) is 0 Å². The highest BCUT2D eigenvalue weighted by atomic mass is 19.1. The van der Waals surface area contributed by atoms with E-state index in [2.05, 4.69) is 24.1 Å². The van der Waals surface area contributed by atoms with E-state index in [1.54, 1.807) is 0 Å². The first-order chi connectivity index (χ1) is 11.9. The van der Waals surface area contributed by atoms with Gasteiger partial charge in [0, 0.05) is 31.8 Å². The number of allylic oxidation sites excluding steroid dienone is 1. The van der Waals surface area contributed by atoms with Gasteiger partial charge in [-0.3, -0.25) is 4.79 Å². The van der Waals surface area contributed by atoms with Gasteiger partial charge in [0.05, 0.1) is 0 Å². The van der Waals surface area contributed by atoms with Gasteiger partial charge in [-0.05, 0) is 59.8 Å². The molecule has 1 aromatic rings. The van der Waals surface area contributed by atoms with E-state index in [0.29, 0.717) is 11.8 Å². The van der Waals surface area contributed by atoms with Crippen LogP contribution < -0.4 is 5.32 Å². The summed E-state index contributed by atoms with van der Waals surface area (Å²) in [7, 11) is 0. The summed E-state index contributed by atoms with van der Waals surface area (Å²) in [5.74, 6) is 1.20. The van der Waals surface area contributed by atoms with Gasteiger partial charge in [-0.15, -0.1) is 0 Å². The molecular formula is C21H27FN2O. The summed E-state index contributed by atoms with van der Waals surface area (Å²) in [5, 5.41) is 3.43. The van der Waals surface area contributed by atoms with Crippen molar-refractivity contribution in [2.75, 3.05) is 26.2 Å². The summed E-state index contributed by atoms with van der Waals surface area (Å²) in [6.45, 7) is 8.32. The van der Waals surface area contributed by atoms with Gasteiger partial charge in [0.15, 0.2) is 0 Å². The van der Waals surface area contributed by atoms with Gasteiger partial charge in [-0.25, -0.2) is 4.39 Å². The Bertz CT molecular complexity index is 695. The lowest BCUT2D eigenvalue weighted by atomic mass is 9.72. The van der Waals surface area contributed by atoms with Gasteiger partial charge in [0.25, 0.3) is 0 Å². The van der Waals surface area contributed by atoms with Crippen molar-refractivity contribution in [3.8, 4) is 0 Å². The average molecular weight is 342 g/mol. The van der Waals surface area contributed by atoms with E-state index < -0.39 is 0 Å². The molecule has 2 aliphatic heterocycles. The van der Waals surface area contributed by atoms with Crippen molar-refractivity contribution in [1.29, 1.82) is 0 Å². The van der Waals surface area contributed by atoms with Crippen molar-refractivity contribution in [2.45, 2.75) is 33.1 Å². The summed E-state index contributed by atoms with van der Waals surface area (Å²) >= 11 is 0. The van der Waals surface area contributed by atoms with Crippen LogP contribution in [0.25, 0.3) is 5.57 Å². The maximum absolute atomic E-state index is 13.3. The van der Waals surface area contributed by atoms with Crippen molar-refractivity contribution in [1.82, 2.24) is 10.2 Å². The molecule has 25 heavy (non-hydrogen) atoms. The van der Waals surface area contributed by atoms with Crippen LogP contribution in [0.15, 0.2) is 29.8 Å². The van der Waals surface area contributed by atoms with E-state index >= 15 is 0 Å². The number of fused-ring (bicyclic) bond motifs is 1. The van der Waals surface area contributed by atoms with Crippen molar-refractivity contribution >= 4 is 11.5 Å². The molecule has 3 nitrogen and oxygen atoms in total.